The molecule has 0 unspecified atom stereocenters. The van der Waals surface area contributed by atoms with E-state index >= 15 is 4.39 Å². The van der Waals surface area contributed by atoms with E-state index in [0.717, 1.165) is 43.4 Å². The molecule has 2 aromatic heterocycles. The van der Waals surface area contributed by atoms with Crippen molar-refractivity contribution in [3.05, 3.63) is 81.1 Å². The minimum Gasteiger partial charge on any atom is -0.339 e. The number of benzene rings is 2. The van der Waals surface area contributed by atoms with E-state index in [1.165, 1.54) is 4.57 Å². The van der Waals surface area contributed by atoms with E-state index in [4.69, 9.17) is 23.1 Å². The van der Waals surface area contributed by atoms with Crippen LogP contribution in [0.15, 0.2) is 53.5 Å². The molecule has 0 radical (unpaired) electrons. The average molecular weight is 539 g/mol. The van der Waals surface area contributed by atoms with Crippen LogP contribution < -0.4 is 22.5 Å². The third-order valence-corrected chi connectivity index (χ3v) is 6.78. The van der Waals surface area contributed by atoms with Crippen molar-refractivity contribution in [2.24, 2.45) is 11.5 Å². The molecule has 4 aromatic rings. The lowest BCUT2D eigenvalue weighted by Crippen LogP contribution is -2.35. The molecule has 0 bridgehead atoms. The van der Waals surface area contributed by atoms with Crippen molar-refractivity contribution in [3.63, 3.8) is 0 Å². The van der Waals surface area contributed by atoms with Crippen LogP contribution in [0.5, 0.6) is 0 Å². The predicted molar refractivity (Wildman–Crippen MR) is 153 cm³/mol. The first-order valence-electron chi connectivity index (χ1n) is 13.0. The maximum atomic E-state index is 15.0. The van der Waals surface area contributed by atoms with E-state index in [9.17, 15) is 4.79 Å². The number of rotatable bonds is 11. The Balaban J connectivity index is 1.55. The Kier molecular flexibility index (Phi) is 8.67. The first kappa shape index (κ1) is 28.0. The molecule has 0 fully saturated rings. The van der Waals surface area contributed by atoms with Crippen molar-refractivity contribution in [1.29, 1.82) is 0 Å². The van der Waals surface area contributed by atoms with E-state index in [1.807, 2.05) is 45.0 Å². The molecule has 0 aliphatic rings. The highest BCUT2D eigenvalue weighted by atomic mass is 35.5. The number of nitrogens with zero attached hydrogens (tertiary/aromatic N) is 2. The fourth-order valence-electron chi connectivity index (χ4n) is 4.36. The summed E-state index contributed by atoms with van der Waals surface area (Å²) in [4.78, 5) is 20.1. The smallest absolute Gasteiger partial charge is 0.339 e. The van der Waals surface area contributed by atoms with Gasteiger partial charge in [0.15, 0.2) is 5.82 Å². The molecule has 2 aromatic carbocycles. The first-order chi connectivity index (χ1) is 18.0. The second-order valence-electron chi connectivity index (χ2n) is 10.8. The van der Waals surface area contributed by atoms with Gasteiger partial charge in [-0.25, -0.2) is 9.18 Å². The summed E-state index contributed by atoms with van der Waals surface area (Å²) in [6, 6.07) is 13.1. The number of halogens is 2. The molecule has 202 valence electrons. The van der Waals surface area contributed by atoms with Gasteiger partial charge in [0.25, 0.3) is 0 Å². The molecule has 2 heterocycles. The fraction of sp³-hybridized carbons (Fsp3) is 0.379. The third kappa shape index (κ3) is 7.08. The van der Waals surface area contributed by atoms with Gasteiger partial charge >= 0.3 is 5.69 Å². The zero-order chi connectivity index (χ0) is 27.4. The number of fused-ring (bicyclic) bond motifs is 1. The van der Waals surface area contributed by atoms with Crippen LogP contribution in [0.3, 0.4) is 0 Å². The van der Waals surface area contributed by atoms with Gasteiger partial charge in [-0.2, -0.15) is 4.98 Å². The third-order valence-electron chi connectivity index (χ3n) is 6.50. The number of aromatic amines is 1. The molecule has 0 aliphatic heterocycles. The van der Waals surface area contributed by atoms with Gasteiger partial charge in [0.1, 0.15) is 5.65 Å². The molecule has 38 heavy (non-hydrogen) atoms. The first-order valence-corrected chi connectivity index (χ1v) is 13.3. The lowest BCUT2D eigenvalue weighted by atomic mass is 10.0. The summed E-state index contributed by atoms with van der Waals surface area (Å²) in [5.74, 6) is -0.511. The van der Waals surface area contributed by atoms with Crippen LogP contribution in [0.4, 0.5) is 4.39 Å². The fourth-order valence-corrected chi connectivity index (χ4v) is 4.60. The number of hydrogen-bond donors (Lipinski definition) is 4. The summed E-state index contributed by atoms with van der Waals surface area (Å²) in [5.41, 5.74) is 15.2. The van der Waals surface area contributed by atoms with E-state index < -0.39 is 11.5 Å². The highest BCUT2D eigenvalue weighted by molar-refractivity contribution is 6.31. The Hall–Kier alpha value is -3.04. The zero-order valence-electron chi connectivity index (χ0n) is 22.2. The Labute approximate surface area is 227 Å². The molecule has 1 atom stereocenters. The Morgan fingerprint density at radius 2 is 1.92 bits per heavy atom. The van der Waals surface area contributed by atoms with Crippen LogP contribution in [0.1, 0.15) is 51.2 Å². The van der Waals surface area contributed by atoms with Gasteiger partial charge in [0.2, 0.25) is 0 Å². The maximum Gasteiger partial charge on any atom is 0.354 e. The van der Waals surface area contributed by atoms with E-state index in [0.29, 0.717) is 34.5 Å². The molecule has 0 saturated heterocycles. The molecule has 6 N–H and O–H groups in total. The summed E-state index contributed by atoms with van der Waals surface area (Å²) in [5, 5.41) is 4.14. The van der Waals surface area contributed by atoms with Crippen LogP contribution in [0.25, 0.3) is 28.0 Å². The maximum absolute atomic E-state index is 15.0. The minimum atomic E-state index is -0.511. The molecule has 7 nitrogen and oxygen atoms in total. The van der Waals surface area contributed by atoms with E-state index in [2.05, 4.69) is 15.3 Å². The number of aromatic nitrogens is 3. The van der Waals surface area contributed by atoms with Crippen LogP contribution >= 0.6 is 11.6 Å². The Morgan fingerprint density at radius 1 is 1.18 bits per heavy atom. The zero-order valence-corrected chi connectivity index (χ0v) is 22.9. The molecule has 0 aliphatic carbocycles. The monoisotopic (exact) mass is 538 g/mol. The average Bonchev–Trinajstić information content (AvgIpc) is 3.25. The quantitative estimate of drug-likeness (QED) is 0.199. The number of H-pyrrole nitrogens is 1. The standard InChI is InChI=1S/C29H36ClFN6O/c1-18(32)5-4-6-20-13-23(26(31)24(30)14-20)25-15-21-17-37(28(38)36-27(21)35-25)22-9-7-19(8-10-22)16-34-12-11-29(2,3)33/h7-10,13-15,17-18,34H,4-6,11-12,16,32-33H2,1-3H3,(H,35,36,38)/t18-/m0/s1. The largest absolute Gasteiger partial charge is 0.354 e. The minimum absolute atomic E-state index is 0.0609. The topological polar surface area (TPSA) is 115 Å². The highest BCUT2D eigenvalue weighted by Gasteiger charge is 2.16. The SMILES string of the molecule is C[C@H](N)CCCc1cc(Cl)c(F)c(-c2cc3cn(-c4ccc(CNCCC(C)(C)N)cc4)c(=O)nc3[nH]2)c1. The number of nitrogens with two attached hydrogens (primary N) is 2. The van der Waals surface area contributed by atoms with Gasteiger partial charge in [-0.15, -0.1) is 0 Å². The van der Waals surface area contributed by atoms with Crippen molar-refractivity contribution in [3.8, 4) is 16.9 Å². The van der Waals surface area contributed by atoms with Crippen LogP contribution in [-0.2, 0) is 13.0 Å². The number of nitrogens with one attached hydrogen (secondary N) is 2. The Bertz CT molecular complexity index is 1450. The lowest BCUT2D eigenvalue weighted by molar-refractivity contribution is 0.455. The van der Waals surface area contributed by atoms with Crippen LogP contribution in [-0.4, -0.2) is 32.7 Å². The summed E-state index contributed by atoms with van der Waals surface area (Å²) in [7, 11) is 0. The van der Waals surface area contributed by atoms with E-state index in [-0.39, 0.29) is 16.6 Å². The number of aryl methyl sites for hydroxylation is 1. The highest BCUT2D eigenvalue weighted by Crippen LogP contribution is 2.31. The van der Waals surface area contributed by atoms with Crippen LogP contribution in [0.2, 0.25) is 5.02 Å². The summed E-state index contributed by atoms with van der Waals surface area (Å²) in [6.07, 6.45) is 5.09. The van der Waals surface area contributed by atoms with Crippen molar-refractivity contribution < 1.29 is 4.39 Å². The molecule has 0 spiro atoms. The predicted octanol–water partition coefficient (Wildman–Crippen LogP) is 5.06. The van der Waals surface area contributed by atoms with Gasteiger partial charge in [-0.1, -0.05) is 23.7 Å². The van der Waals surface area contributed by atoms with Gasteiger partial charge < -0.3 is 21.8 Å². The molecule has 0 saturated carbocycles. The Morgan fingerprint density at radius 3 is 2.61 bits per heavy atom. The molecular weight excluding hydrogens is 503 g/mol. The van der Waals surface area contributed by atoms with Crippen molar-refractivity contribution in [2.75, 3.05) is 6.54 Å². The molecule has 4 rings (SSSR count). The van der Waals surface area contributed by atoms with E-state index in [1.54, 1.807) is 24.4 Å². The number of hydrogen-bond acceptors (Lipinski definition) is 5. The van der Waals surface area contributed by atoms with Crippen molar-refractivity contribution >= 4 is 22.6 Å². The summed E-state index contributed by atoms with van der Waals surface area (Å²) < 4.78 is 16.5. The normalized spacial score (nSPS) is 12.8. The summed E-state index contributed by atoms with van der Waals surface area (Å²) >= 11 is 6.22. The van der Waals surface area contributed by atoms with Crippen LogP contribution in [0, 0.1) is 5.82 Å². The second-order valence-corrected chi connectivity index (χ2v) is 11.2. The van der Waals surface area contributed by atoms with Crippen molar-refractivity contribution in [2.45, 2.75) is 64.6 Å². The second kappa shape index (κ2) is 11.8. The summed E-state index contributed by atoms with van der Waals surface area (Å²) in [6.45, 7) is 7.51. The van der Waals surface area contributed by atoms with Gasteiger partial charge in [0, 0.05) is 35.3 Å². The van der Waals surface area contributed by atoms with Gasteiger partial charge in [0.05, 0.1) is 16.4 Å². The molecule has 0 amide bonds. The van der Waals surface area contributed by atoms with Gasteiger partial charge in [-0.3, -0.25) is 4.57 Å². The lowest BCUT2D eigenvalue weighted by Gasteiger charge is -2.18. The molecular formula is C29H36ClFN6O. The molecule has 9 heteroatoms. The van der Waals surface area contributed by atoms with Crippen molar-refractivity contribution in [1.82, 2.24) is 19.9 Å². The van der Waals surface area contributed by atoms with Gasteiger partial charge in [-0.05, 0) is 94.5 Å².